The van der Waals surface area contributed by atoms with E-state index in [0.29, 0.717) is 23.8 Å². The van der Waals surface area contributed by atoms with Gasteiger partial charge in [0.2, 0.25) is 0 Å². The Hall–Kier alpha value is -1.88. The minimum absolute atomic E-state index is 0.447. The van der Waals surface area contributed by atoms with Crippen LogP contribution in [0.25, 0.3) is 10.6 Å². The van der Waals surface area contributed by atoms with Gasteiger partial charge in [-0.05, 0) is 25.1 Å². The zero-order chi connectivity index (χ0) is 13.0. The lowest BCUT2D eigenvalue weighted by Gasteiger charge is -2.09. The van der Waals surface area contributed by atoms with Crippen molar-refractivity contribution in [2.24, 2.45) is 0 Å². The highest BCUT2D eigenvalue weighted by atomic mass is 32.1. The largest absolute Gasteiger partial charge is 0.493 e. The number of carbonyl (C=O) groups is 1. The number of thiazole rings is 1. The van der Waals surface area contributed by atoms with Crippen molar-refractivity contribution in [1.29, 1.82) is 0 Å². The van der Waals surface area contributed by atoms with Crippen molar-refractivity contribution in [3.05, 3.63) is 29.3 Å². The predicted molar refractivity (Wildman–Crippen MR) is 70.7 cm³/mol. The Bertz CT molecular complexity index is 551. The maximum absolute atomic E-state index is 10.6. The Morgan fingerprint density at radius 2 is 2.22 bits per heavy atom. The highest BCUT2D eigenvalue weighted by Gasteiger charge is 2.09. The van der Waals surface area contributed by atoms with E-state index in [1.54, 1.807) is 12.5 Å². The maximum Gasteiger partial charge on any atom is 0.169 e. The van der Waals surface area contributed by atoms with Crippen LogP contribution in [-0.4, -0.2) is 25.0 Å². The molecule has 1 aromatic heterocycles. The molecule has 0 fully saturated rings. The molecule has 0 amide bonds. The molecule has 5 heteroatoms. The molecule has 0 aliphatic carbocycles. The molecular formula is C13H13NO3S. The lowest BCUT2D eigenvalue weighted by Crippen LogP contribution is -1.95. The number of ether oxygens (including phenoxy) is 2. The van der Waals surface area contributed by atoms with Gasteiger partial charge in [-0.2, -0.15) is 0 Å². The van der Waals surface area contributed by atoms with Crippen LogP contribution in [0.5, 0.6) is 11.5 Å². The highest BCUT2D eigenvalue weighted by Crippen LogP contribution is 2.33. The summed E-state index contributed by atoms with van der Waals surface area (Å²) in [7, 11) is 1.60. The van der Waals surface area contributed by atoms with E-state index in [1.165, 1.54) is 11.3 Å². The second-order valence-corrected chi connectivity index (χ2v) is 4.35. The van der Waals surface area contributed by atoms with Gasteiger partial charge >= 0.3 is 0 Å². The highest BCUT2D eigenvalue weighted by molar-refractivity contribution is 7.13. The summed E-state index contributed by atoms with van der Waals surface area (Å²) in [5, 5.41) is 2.52. The van der Waals surface area contributed by atoms with E-state index in [-0.39, 0.29) is 0 Å². The molecule has 0 radical (unpaired) electrons. The summed E-state index contributed by atoms with van der Waals surface area (Å²) in [5.41, 5.74) is 1.36. The Kier molecular flexibility index (Phi) is 3.94. The Balaban J connectivity index is 2.37. The van der Waals surface area contributed by atoms with Gasteiger partial charge in [0.25, 0.3) is 0 Å². The molecule has 0 N–H and O–H groups in total. The van der Waals surface area contributed by atoms with Crippen molar-refractivity contribution >= 4 is 17.6 Å². The number of hydrogen-bond acceptors (Lipinski definition) is 5. The number of carbonyl (C=O) groups excluding carboxylic acids is 1. The number of hydrogen-bond donors (Lipinski definition) is 0. The number of benzene rings is 1. The SMILES string of the molecule is CCOc1ccc(-c2nc(C=O)cs2)cc1OC. The standard InChI is InChI=1S/C13H13NO3S/c1-3-17-11-5-4-9(6-12(11)16-2)13-14-10(7-15)8-18-13/h4-8H,3H2,1-2H3. The van der Waals surface area contributed by atoms with E-state index in [4.69, 9.17) is 9.47 Å². The van der Waals surface area contributed by atoms with Gasteiger partial charge in [0.1, 0.15) is 10.7 Å². The van der Waals surface area contributed by atoms with Crippen LogP contribution in [0.4, 0.5) is 0 Å². The van der Waals surface area contributed by atoms with Crippen molar-refractivity contribution in [1.82, 2.24) is 4.98 Å². The van der Waals surface area contributed by atoms with Gasteiger partial charge in [-0.15, -0.1) is 11.3 Å². The molecule has 0 aliphatic heterocycles. The van der Waals surface area contributed by atoms with E-state index in [9.17, 15) is 4.79 Å². The van der Waals surface area contributed by atoms with E-state index in [2.05, 4.69) is 4.98 Å². The summed E-state index contributed by atoms with van der Waals surface area (Å²) in [6.07, 6.45) is 0.742. The fourth-order valence-corrected chi connectivity index (χ4v) is 2.31. The van der Waals surface area contributed by atoms with E-state index < -0.39 is 0 Å². The number of nitrogens with zero attached hydrogens (tertiary/aromatic N) is 1. The minimum Gasteiger partial charge on any atom is -0.493 e. The van der Waals surface area contributed by atoms with Gasteiger partial charge in [0.05, 0.1) is 13.7 Å². The molecule has 2 rings (SSSR count). The van der Waals surface area contributed by atoms with Crippen LogP contribution in [-0.2, 0) is 0 Å². The monoisotopic (exact) mass is 263 g/mol. The van der Waals surface area contributed by atoms with Gasteiger partial charge in [0.15, 0.2) is 17.8 Å². The third-order valence-electron chi connectivity index (χ3n) is 2.35. The summed E-state index contributed by atoms with van der Waals surface area (Å²) >= 11 is 1.43. The first-order chi connectivity index (χ1) is 8.78. The third kappa shape index (κ3) is 2.51. The van der Waals surface area contributed by atoms with Crippen LogP contribution in [0, 0.1) is 0 Å². The normalized spacial score (nSPS) is 10.1. The zero-order valence-corrected chi connectivity index (χ0v) is 11.0. The fraction of sp³-hybridized carbons (Fsp3) is 0.231. The third-order valence-corrected chi connectivity index (χ3v) is 3.26. The molecule has 94 valence electrons. The van der Waals surface area contributed by atoms with Crippen LogP contribution < -0.4 is 9.47 Å². The van der Waals surface area contributed by atoms with E-state index in [1.807, 2.05) is 25.1 Å². The molecule has 18 heavy (non-hydrogen) atoms. The van der Waals surface area contributed by atoms with Gasteiger partial charge < -0.3 is 9.47 Å². The van der Waals surface area contributed by atoms with E-state index >= 15 is 0 Å². The van der Waals surface area contributed by atoms with Crippen molar-refractivity contribution < 1.29 is 14.3 Å². The lowest BCUT2D eigenvalue weighted by molar-refractivity contribution is 0.111. The minimum atomic E-state index is 0.447. The average molecular weight is 263 g/mol. The molecule has 0 unspecified atom stereocenters. The Labute approximate surface area is 109 Å². The lowest BCUT2D eigenvalue weighted by atomic mass is 10.2. The summed E-state index contributed by atoms with van der Waals surface area (Å²) in [4.78, 5) is 14.8. The molecule has 2 aromatic rings. The number of rotatable bonds is 5. The van der Waals surface area contributed by atoms with Gasteiger partial charge in [-0.3, -0.25) is 4.79 Å². The first kappa shape index (κ1) is 12.6. The molecule has 0 bridgehead atoms. The topological polar surface area (TPSA) is 48.4 Å². The van der Waals surface area contributed by atoms with Crippen LogP contribution in [0.1, 0.15) is 17.4 Å². The molecule has 4 nitrogen and oxygen atoms in total. The number of aromatic nitrogens is 1. The average Bonchev–Trinajstić information content (AvgIpc) is 2.88. The van der Waals surface area contributed by atoms with Crippen molar-refractivity contribution in [3.63, 3.8) is 0 Å². The molecule has 1 aromatic carbocycles. The molecule has 0 saturated carbocycles. The summed E-state index contributed by atoms with van der Waals surface area (Å²) in [6, 6.07) is 5.61. The van der Waals surface area contributed by atoms with Gasteiger partial charge in [0, 0.05) is 10.9 Å². The van der Waals surface area contributed by atoms with Crippen molar-refractivity contribution in [2.45, 2.75) is 6.92 Å². The molecule has 0 saturated heterocycles. The first-order valence-electron chi connectivity index (χ1n) is 5.50. The van der Waals surface area contributed by atoms with Crippen molar-refractivity contribution in [3.8, 4) is 22.1 Å². The zero-order valence-electron chi connectivity index (χ0n) is 10.2. The number of methoxy groups -OCH3 is 1. The second-order valence-electron chi connectivity index (χ2n) is 3.49. The van der Waals surface area contributed by atoms with Crippen LogP contribution in [0.3, 0.4) is 0 Å². The van der Waals surface area contributed by atoms with Gasteiger partial charge in [-0.25, -0.2) is 4.98 Å². The molecule has 1 heterocycles. The van der Waals surface area contributed by atoms with Crippen LogP contribution in [0.2, 0.25) is 0 Å². The van der Waals surface area contributed by atoms with Crippen LogP contribution in [0.15, 0.2) is 23.6 Å². The molecule has 0 aliphatic rings. The maximum atomic E-state index is 10.6. The molecule has 0 spiro atoms. The number of aldehydes is 1. The summed E-state index contributed by atoms with van der Waals surface area (Å²) in [5.74, 6) is 1.37. The van der Waals surface area contributed by atoms with Gasteiger partial charge in [-0.1, -0.05) is 0 Å². The smallest absolute Gasteiger partial charge is 0.169 e. The predicted octanol–water partition coefficient (Wildman–Crippen LogP) is 3.03. The fourth-order valence-electron chi connectivity index (χ4n) is 1.55. The Morgan fingerprint density at radius 1 is 1.39 bits per heavy atom. The quantitative estimate of drug-likeness (QED) is 0.778. The summed E-state index contributed by atoms with van der Waals surface area (Å²) in [6.45, 7) is 2.51. The van der Waals surface area contributed by atoms with Crippen LogP contribution >= 0.6 is 11.3 Å². The molecular weight excluding hydrogens is 250 g/mol. The van der Waals surface area contributed by atoms with E-state index in [0.717, 1.165) is 16.9 Å². The second kappa shape index (κ2) is 5.64. The Morgan fingerprint density at radius 3 is 2.83 bits per heavy atom. The summed E-state index contributed by atoms with van der Waals surface area (Å²) < 4.78 is 10.7. The first-order valence-corrected chi connectivity index (χ1v) is 6.38. The molecule has 0 atom stereocenters. The van der Waals surface area contributed by atoms with Crippen molar-refractivity contribution in [2.75, 3.05) is 13.7 Å².